The molecule has 1 unspecified atom stereocenters. The van der Waals surface area contributed by atoms with Crippen molar-refractivity contribution in [1.29, 1.82) is 0 Å². The summed E-state index contributed by atoms with van der Waals surface area (Å²) >= 11 is 4.90. The van der Waals surface area contributed by atoms with E-state index in [2.05, 4.69) is 21.0 Å². The lowest BCUT2D eigenvalue weighted by Gasteiger charge is -2.09. The van der Waals surface area contributed by atoms with E-state index in [0.717, 1.165) is 15.0 Å². The molecule has 0 radical (unpaired) electrons. The minimum absolute atomic E-state index is 0.600. The van der Waals surface area contributed by atoms with E-state index in [9.17, 15) is 5.11 Å². The maximum Gasteiger partial charge on any atom is 0.131 e. The molecule has 2 heterocycles. The van der Waals surface area contributed by atoms with E-state index in [1.807, 2.05) is 24.6 Å². The van der Waals surface area contributed by atoms with E-state index in [1.165, 1.54) is 11.3 Å². The minimum Gasteiger partial charge on any atom is -0.381 e. The molecule has 0 aromatic carbocycles. The Morgan fingerprint density at radius 2 is 2.43 bits per heavy atom. The van der Waals surface area contributed by atoms with E-state index >= 15 is 0 Å². The Morgan fingerprint density at radius 3 is 2.93 bits per heavy atom. The van der Waals surface area contributed by atoms with Crippen molar-refractivity contribution in [3.63, 3.8) is 0 Å². The number of aliphatic hydroxyl groups is 1. The van der Waals surface area contributed by atoms with Gasteiger partial charge in [0.2, 0.25) is 0 Å². The van der Waals surface area contributed by atoms with Crippen molar-refractivity contribution in [3.8, 4) is 0 Å². The van der Waals surface area contributed by atoms with Gasteiger partial charge < -0.3 is 5.11 Å². The van der Waals surface area contributed by atoms with Gasteiger partial charge in [-0.25, -0.2) is 0 Å². The van der Waals surface area contributed by atoms with Crippen molar-refractivity contribution in [2.75, 3.05) is 0 Å². The third kappa shape index (κ3) is 1.63. The van der Waals surface area contributed by atoms with Crippen LogP contribution in [-0.4, -0.2) is 14.9 Å². The van der Waals surface area contributed by atoms with Gasteiger partial charge in [0, 0.05) is 11.9 Å². The molecule has 0 amide bonds. The number of nitrogens with zero attached hydrogens (tertiary/aromatic N) is 2. The van der Waals surface area contributed by atoms with Gasteiger partial charge in [0.05, 0.1) is 16.4 Å². The summed E-state index contributed by atoms with van der Waals surface area (Å²) in [6.45, 7) is 0. The Labute approximate surface area is 94.1 Å². The number of aliphatic hydroxyl groups excluding tert-OH is 1. The molecule has 0 fully saturated rings. The maximum absolute atomic E-state index is 10.1. The standard InChI is InChI=1S/C9H9BrN2OS/c1-12-8(6(10)5-11-12)9(13)7-3-2-4-14-7/h2-5,9,13H,1H3. The molecule has 14 heavy (non-hydrogen) atoms. The van der Waals surface area contributed by atoms with Crippen molar-refractivity contribution in [1.82, 2.24) is 9.78 Å². The van der Waals surface area contributed by atoms with E-state index < -0.39 is 6.10 Å². The fourth-order valence-corrected chi connectivity index (χ4v) is 2.59. The van der Waals surface area contributed by atoms with E-state index in [1.54, 1.807) is 10.9 Å². The zero-order chi connectivity index (χ0) is 10.1. The van der Waals surface area contributed by atoms with Crippen molar-refractivity contribution in [2.24, 2.45) is 7.05 Å². The molecule has 0 aliphatic heterocycles. The molecule has 0 saturated carbocycles. The molecule has 5 heteroatoms. The average molecular weight is 273 g/mol. The summed E-state index contributed by atoms with van der Waals surface area (Å²) in [5, 5.41) is 16.1. The first kappa shape index (κ1) is 9.89. The summed E-state index contributed by atoms with van der Waals surface area (Å²) in [4.78, 5) is 0.925. The SMILES string of the molecule is Cn1ncc(Br)c1C(O)c1cccs1. The zero-order valence-electron chi connectivity index (χ0n) is 7.51. The molecule has 2 rings (SSSR count). The monoisotopic (exact) mass is 272 g/mol. The topological polar surface area (TPSA) is 38.0 Å². The van der Waals surface area contributed by atoms with Crippen molar-refractivity contribution >= 4 is 27.3 Å². The van der Waals surface area contributed by atoms with Crippen LogP contribution in [0.15, 0.2) is 28.2 Å². The molecule has 3 nitrogen and oxygen atoms in total. The van der Waals surface area contributed by atoms with Gasteiger partial charge in [0.15, 0.2) is 0 Å². The van der Waals surface area contributed by atoms with Gasteiger partial charge in [-0.05, 0) is 27.4 Å². The molecule has 0 spiro atoms. The second kappa shape index (κ2) is 3.84. The highest BCUT2D eigenvalue weighted by molar-refractivity contribution is 9.10. The van der Waals surface area contributed by atoms with Crippen molar-refractivity contribution in [2.45, 2.75) is 6.10 Å². The molecule has 1 atom stereocenters. The number of halogens is 1. The van der Waals surface area contributed by atoms with Crippen LogP contribution in [-0.2, 0) is 7.05 Å². The summed E-state index contributed by atoms with van der Waals surface area (Å²) in [7, 11) is 1.82. The van der Waals surface area contributed by atoms with Crippen LogP contribution < -0.4 is 0 Å². The second-order valence-electron chi connectivity index (χ2n) is 2.92. The smallest absolute Gasteiger partial charge is 0.131 e. The number of hydrogen-bond acceptors (Lipinski definition) is 3. The molecule has 0 bridgehead atoms. The fraction of sp³-hybridized carbons (Fsp3) is 0.222. The molecule has 74 valence electrons. The van der Waals surface area contributed by atoms with Gasteiger partial charge in [-0.3, -0.25) is 4.68 Å². The van der Waals surface area contributed by atoms with Gasteiger partial charge in [-0.1, -0.05) is 6.07 Å². The largest absolute Gasteiger partial charge is 0.381 e. The van der Waals surface area contributed by atoms with Crippen molar-refractivity contribution in [3.05, 3.63) is 38.8 Å². The van der Waals surface area contributed by atoms with Gasteiger partial charge in [0.1, 0.15) is 6.10 Å². The second-order valence-corrected chi connectivity index (χ2v) is 4.75. The fourth-order valence-electron chi connectivity index (χ4n) is 1.31. The van der Waals surface area contributed by atoms with Crippen LogP contribution in [0, 0.1) is 0 Å². The first-order chi connectivity index (χ1) is 6.70. The molecule has 0 aliphatic carbocycles. The molecule has 1 N–H and O–H groups in total. The predicted molar refractivity (Wildman–Crippen MR) is 59.3 cm³/mol. The molecule has 2 aromatic rings. The van der Waals surface area contributed by atoms with Crippen LogP contribution in [0.3, 0.4) is 0 Å². The summed E-state index contributed by atoms with van der Waals surface area (Å²) in [6, 6.07) is 3.84. The summed E-state index contributed by atoms with van der Waals surface area (Å²) in [5.41, 5.74) is 0.785. The van der Waals surface area contributed by atoms with Crippen LogP contribution in [0.2, 0.25) is 0 Å². The molecule has 2 aromatic heterocycles. The average Bonchev–Trinajstić information content (AvgIpc) is 2.75. The van der Waals surface area contributed by atoms with Crippen LogP contribution in [0.1, 0.15) is 16.7 Å². The first-order valence-electron chi connectivity index (χ1n) is 4.09. The molecular formula is C9H9BrN2OS. The lowest BCUT2D eigenvalue weighted by atomic mass is 10.2. The Morgan fingerprint density at radius 1 is 1.64 bits per heavy atom. The van der Waals surface area contributed by atoms with Crippen LogP contribution in [0.4, 0.5) is 0 Å². The Bertz CT molecular complexity index is 404. The number of aryl methyl sites for hydroxylation is 1. The Balaban J connectivity index is 2.41. The van der Waals surface area contributed by atoms with Crippen LogP contribution in [0.5, 0.6) is 0 Å². The van der Waals surface area contributed by atoms with Gasteiger partial charge in [0.25, 0.3) is 0 Å². The number of hydrogen-bond donors (Lipinski definition) is 1. The van der Waals surface area contributed by atoms with E-state index in [0.29, 0.717) is 0 Å². The van der Waals surface area contributed by atoms with Crippen LogP contribution in [0.25, 0.3) is 0 Å². The van der Waals surface area contributed by atoms with Gasteiger partial charge in [-0.15, -0.1) is 11.3 Å². The third-order valence-corrected chi connectivity index (χ3v) is 3.55. The highest BCUT2D eigenvalue weighted by atomic mass is 79.9. The van der Waals surface area contributed by atoms with Crippen LogP contribution >= 0.6 is 27.3 Å². The minimum atomic E-state index is -0.600. The normalized spacial score (nSPS) is 13.1. The molecular weight excluding hydrogens is 264 g/mol. The summed E-state index contributed by atoms with van der Waals surface area (Å²) in [5.74, 6) is 0. The number of aromatic nitrogens is 2. The highest BCUT2D eigenvalue weighted by Gasteiger charge is 2.18. The lowest BCUT2D eigenvalue weighted by molar-refractivity contribution is 0.212. The maximum atomic E-state index is 10.1. The quantitative estimate of drug-likeness (QED) is 0.911. The van der Waals surface area contributed by atoms with Gasteiger partial charge >= 0.3 is 0 Å². The Kier molecular flexibility index (Phi) is 2.71. The number of thiophene rings is 1. The van der Waals surface area contributed by atoms with Crippen molar-refractivity contribution < 1.29 is 5.11 Å². The third-order valence-electron chi connectivity index (χ3n) is 2.01. The highest BCUT2D eigenvalue weighted by Crippen LogP contribution is 2.30. The molecule has 0 aliphatic rings. The zero-order valence-corrected chi connectivity index (χ0v) is 9.92. The van der Waals surface area contributed by atoms with Gasteiger partial charge in [-0.2, -0.15) is 5.10 Å². The summed E-state index contributed by atoms with van der Waals surface area (Å²) < 4.78 is 2.51. The summed E-state index contributed by atoms with van der Waals surface area (Å²) in [6.07, 6.45) is 1.09. The molecule has 0 saturated heterocycles. The van der Waals surface area contributed by atoms with E-state index in [4.69, 9.17) is 0 Å². The first-order valence-corrected chi connectivity index (χ1v) is 5.76. The van der Waals surface area contributed by atoms with E-state index in [-0.39, 0.29) is 0 Å². The Hall–Kier alpha value is -0.650. The lowest BCUT2D eigenvalue weighted by Crippen LogP contribution is -2.05. The predicted octanol–water partition coefficient (Wildman–Crippen LogP) is 2.33. The number of rotatable bonds is 2.